The van der Waals surface area contributed by atoms with E-state index in [1.54, 1.807) is 0 Å². The summed E-state index contributed by atoms with van der Waals surface area (Å²) in [7, 11) is 1.99. The third kappa shape index (κ3) is 2.10. The third-order valence-corrected chi connectivity index (χ3v) is 5.58. The summed E-state index contributed by atoms with van der Waals surface area (Å²) in [5, 5.41) is 41.4. The second-order valence-corrected chi connectivity index (χ2v) is 6.85. The Labute approximate surface area is 139 Å². The number of nitrogens with one attached hydrogen (secondary N) is 1. The first-order valence-electron chi connectivity index (χ1n) is 7.30. The van der Waals surface area contributed by atoms with Crippen molar-refractivity contribution in [2.45, 2.75) is 5.92 Å². The molecule has 0 spiro atoms. The highest BCUT2D eigenvalue weighted by Gasteiger charge is 2.57. The van der Waals surface area contributed by atoms with Crippen molar-refractivity contribution >= 4 is 17.0 Å². The molecule has 1 aromatic rings. The lowest BCUT2D eigenvalue weighted by atomic mass is 9.54. The van der Waals surface area contributed by atoms with Crippen LogP contribution >= 0.6 is 11.3 Å². The molecule has 1 fully saturated rings. The molecule has 0 radical (unpaired) electrons. The maximum Gasteiger partial charge on any atom is 0.189 e. The lowest BCUT2D eigenvalue weighted by Gasteiger charge is -2.47. The van der Waals surface area contributed by atoms with Crippen molar-refractivity contribution in [1.82, 2.24) is 4.90 Å². The van der Waals surface area contributed by atoms with Crippen LogP contribution in [0.25, 0.3) is 0 Å². The van der Waals surface area contributed by atoms with Crippen molar-refractivity contribution in [3.63, 3.8) is 0 Å². The van der Waals surface area contributed by atoms with Gasteiger partial charge in [-0.3, -0.25) is 0 Å². The van der Waals surface area contributed by atoms with Gasteiger partial charge < -0.3 is 10.3 Å². The lowest BCUT2D eigenvalue weighted by molar-refractivity contribution is 0.235. The molecule has 5 nitrogen and oxygen atoms in total. The molecule has 23 heavy (non-hydrogen) atoms. The van der Waals surface area contributed by atoms with E-state index in [4.69, 9.17) is 5.41 Å². The summed E-state index contributed by atoms with van der Waals surface area (Å²) in [4.78, 5) is 2.12. The molecule has 1 aliphatic heterocycles. The van der Waals surface area contributed by atoms with Gasteiger partial charge in [-0.05, 0) is 35.0 Å². The molecule has 1 saturated carbocycles. The predicted octanol–water partition coefficient (Wildman–Crippen LogP) is 2.53. The Morgan fingerprint density at radius 2 is 2.09 bits per heavy atom. The van der Waals surface area contributed by atoms with Crippen molar-refractivity contribution in [1.29, 1.82) is 21.2 Å². The Morgan fingerprint density at radius 1 is 1.35 bits per heavy atom. The Balaban J connectivity index is 2.25. The zero-order valence-corrected chi connectivity index (χ0v) is 13.5. The first-order valence-corrected chi connectivity index (χ1v) is 8.25. The quantitative estimate of drug-likeness (QED) is 0.803. The molecular formula is C17H15N5S. The fourth-order valence-corrected chi connectivity index (χ4v) is 4.48. The normalized spacial score (nSPS) is 29.6. The molecule has 1 unspecified atom stereocenters. The van der Waals surface area contributed by atoms with Crippen LogP contribution in [-0.2, 0) is 0 Å². The summed E-state index contributed by atoms with van der Waals surface area (Å²) in [5.41, 5.74) is 0.147. The molecule has 2 heterocycles. The molecule has 3 atom stereocenters. The van der Waals surface area contributed by atoms with E-state index in [1.807, 2.05) is 30.0 Å². The van der Waals surface area contributed by atoms with Crippen molar-refractivity contribution < 1.29 is 0 Å². The summed E-state index contributed by atoms with van der Waals surface area (Å²) in [6.07, 6.45) is 1.99. The van der Waals surface area contributed by atoms with Gasteiger partial charge in [-0.2, -0.15) is 27.1 Å². The first kappa shape index (κ1) is 15.4. The lowest BCUT2D eigenvalue weighted by Crippen LogP contribution is -2.52. The third-order valence-electron chi connectivity index (χ3n) is 4.88. The molecule has 0 bridgehead atoms. The minimum Gasteiger partial charge on any atom is -0.305 e. The Kier molecular flexibility index (Phi) is 3.78. The van der Waals surface area contributed by atoms with Gasteiger partial charge in [0.05, 0.1) is 23.9 Å². The highest BCUT2D eigenvalue weighted by Crippen LogP contribution is 2.53. The summed E-state index contributed by atoms with van der Waals surface area (Å²) in [6.45, 7) is 1.41. The molecule has 0 amide bonds. The number of fused-ring (bicyclic) bond motifs is 1. The SMILES string of the molecule is CN1CC=C2C(C#N)C(=N)C(C#N)(C#N)[C@@H](c3ccsc3)[C@@H]2C1. The van der Waals surface area contributed by atoms with Crippen LogP contribution in [0, 0.1) is 56.7 Å². The van der Waals surface area contributed by atoms with Gasteiger partial charge >= 0.3 is 0 Å². The van der Waals surface area contributed by atoms with Gasteiger partial charge in [0.15, 0.2) is 5.41 Å². The number of nitrogens with zero attached hydrogens (tertiary/aromatic N) is 4. The van der Waals surface area contributed by atoms with E-state index < -0.39 is 17.3 Å². The van der Waals surface area contributed by atoms with E-state index in [2.05, 4.69) is 23.1 Å². The number of hydrogen-bond donors (Lipinski definition) is 1. The molecule has 1 aromatic heterocycles. The second kappa shape index (κ2) is 5.63. The largest absolute Gasteiger partial charge is 0.305 e. The number of hydrogen-bond acceptors (Lipinski definition) is 6. The van der Waals surface area contributed by atoms with E-state index >= 15 is 0 Å². The molecule has 0 aromatic carbocycles. The standard InChI is InChI=1S/C17H15N5S/c1-22-4-2-12-13(6-18)16(21)17(9-19,10-20)15(14(12)7-22)11-3-5-23-8-11/h2-3,5,8,13-15,21H,4,7H2,1H3/t13?,14-,15+/m1/s1. The van der Waals surface area contributed by atoms with Crippen LogP contribution < -0.4 is 0 Å². The molecule has 0 saturated heterocycles. The summed E-state index contributed by atoms with van der Waals surface area (Å²) < 4.78 is 0. The molecule has 6 heteroatoms. The van der Waals surface area contributed by atoms with E-state index in [0.717, 1.165) is 17.7 Å². The van der Waals surface area contributed by atoms with E-state index in [1.165, 1.54) is 11.3 Å². The van der Waals surface area contributed by atoms with Crippen LogP contribution in [0.3, 0.4) is 0 Å². The highest BCUT2D eigenvalue weighted by molar-refractivity contribution is 7.08. The summed E-state index contributed by atoms with van der Waals surface area (Å²) >= 11 is 1.52. The topological polar surface area (TPSA) is 98.5 Å². The molecular weight excluding hydrogens is 306 g/mol. The fourth-order valence-electron chi connectivity index (χ4n) is 3.78. The zero-order chi connectivity index (χ0) is 16.6. The van der Waals surface area contributed by atoms with Gasteiger partial charge in [0.2, 0.25) is 0 Å². The van der Waals surface area contributed by atoms with Crippen LogP contribution in [-0.4, -0.2) is 30.7 Å². The maximum absolute atomic E-state index is 9.80. The van der Waals surface area contributed by atoms with Gasteiger partial charge in [0, 0.05) is 24.9 Å². The molecule has 1 aliphatic carbocycles. The van der Waals surface area contributed by atoms with Crippen molar-refractivity contribution in [3.8, 4) is 18.2 Å². The van der Waals surface area contributed by atoms with Crippen LogP contribution in [0.1, 0.15) is 11.5 Å². The first-order chi connectivity index (χ1) is 11.1. The number of likely N-dealkylation sites (N-methyl/N-ethyl adjacent to an activating group) is 1. The van der Waals surface area contributed by atoms with Crippen molar-refractivity contribution in [3.05, 3.63) is 34.0 Å². The summed E-state index contributed by atoms with van der Waals surface area (Å²) in [5.74, 6) is -1.28. The molecule has 2 aliphatic rings. The monoisotopic (exact) mass is 321 g/mol. The van der Waals surface area contributed by atoms with Gasteiger partial charge in [0.25, 0.3) is 0 Å². The van der Waals surface area contributed by atoms with E-state index in [9.17, 15) is 15.8 Å². The minimum absolute atomic E-state index is 0.0757. The Bertz CT molecular complexity index is 772. The van der Waals surface area contributed by atoms with Crippen LogP contribution in [0.15, 0.2) is 28.5 Å². The predicted molar refractivity (Wildman–Crippen MR) is 86.6 cm³/mol. The van der Waals surface area contributed by atoms with Gasteiger partial charge in [-0.25, -0.2) is 0 Å². The van der Waals surface area contributed by atoms with E-state index in [-0.39, 0.29) is 11.6 Å². The van der Waals surface area contributed by atoms with Crippen LogP contribution in [0.4, 0.5) is 0 Å². The fraction of sp³-hybridized carbons (Fsp3) is 0.412. The molecule has 3 rings (SSSR count). The van der Waals surface area contributed by atoms with Crippen molar-refractivity contribution in [2.24, 2.45) is 17.3 Å². The van der Waals surface area contributed by atoms with E-state index in [0.29, 0.717) is 6.54 Å². The zero-order valence-electron chi connectivity index (χ0n) is 12.7. The smallest absolute Gasteiger partial charge is 0.189 e. The minimum atomic E-state index is -1.58. The Hall–Kier alpha value is -2.46. The molecule has 114 valence electrons. The van der Waals surface area contributed by atoms with Crippen LogP contribution in [0.2, 0.25) is 0 Å². The van der Waals surface area contributed by atoms with Gasteiger partial charge in [0.1, 0.15) is 5.92 Å². The summed E-state index contributed by atoms with van der Waals surface area (Å²) in [6, 6.07) is 8.25. The average molecular weight is 321 g/mol. The van der Waals surface area contributed by atoms with Gasteiger partial charge in [-0.15, -0.1) is 0 Å². The number of rotatable bonds is 1. The average Bonchev–Trinajstić information content (AvgIpc) is 3.08. The molecule has 1 N–H and O–H groups in total. The number of thiophene rings is 1. The highest BCUT2D eigenvalue weighted by atomic mass is 32.1. The van der Waals surface area contributed by atoms with Crippen LogP contribution in [0.5, 0.6) is 0 Å². The maximum atomic E-state index is 9.80. The van der Waals surface area contributed by atoms with Gasteiger partial charge in [-0.1, -0.05) is 6.08 Å². The van der Waals surface area contributed by atoms with Crippen molar-refractivity contribution in [2.75, 3.05) is 20.1 Å². The number of nitriles is 3. The Morgan fingerprint density at radius 3 is 2.65 bits per heavy atom. The second-order valence-electron chi connectivity index (χ2n) is 6.07.